The van der Waals surface area contributed by atoms with Gasteiger partial charge in [-0.2, -0.15) is 0 Å². The summed E-state index contributed by atoms with van der Waals surface area (Å²) in [5.41, 5.74) is 1.80. The zero-order chi connectivity index (χ0) is 21.7. The number of carbonyl (C=O) groups excluding carboxylic acids is 2. The minimum atomic E-state index is -0.363. The summed E-state index contributed by atoms with van der Waals surface area (Å²) in [6, 6.07) is 8.94. The Morgan fingerprint density at radius 3 is 2.78 bits per heavy atom. The molecule has 4 fully saturated rings. The number of nitrogens with zero attached hydrogens (tertiary/aromatic N) is 2. The number of carbonyl (C=O) groups is 2. The summed E-state index contributed by atoms with van der Waals surface area (Å²) in [6.07, 6.45) is 6.75. The van der Waals surface area contributed by atoms with E-state index in [9.17, 15) is 9.59 Å². The zero-order valence-electron chi connectivity index (χ0n) is 18.6. The molecule has 7 nitrogen and oxygen atoms in total. The van der Waals surface area contributed by atoms with Crippen molar-refractivity contribution in [1.82, 2.24) is 9.80 Å². The highest BCUT2D eigenvalue weighted by atomic mass is 16.6. The quantitative estimate of drug-likeness (QED) is 0.767. The monoisotopic (exact) mass is 439 g/mol. The lowest BCUT2D eigenvalue weighted by Gasteiger charge is -2.41. The van der Waals surface area contributed by atoms with Crippen LogP contribution in [0.2, 0.25) is 0 Å². The number of nitrogens with one attached hydrogen (secondary N) is 1. The van der Waals surface area contributed by atoms with E-state index in [1.165, 1.54) is 12.0 Å². The molecule has 172 valence electrons. The molecule has 6 rings (SSSR count). The maximum absolute atomic E-state index is 12.9. The zero-order valence-corrected chi connectivity index (χ0v) is 18.6. The van der Waals surface area contributed by atoms with Crippen molar-refractivity contribution >= 4 is 17.7 Å². The molecule has 1 N–H and O–H groups in total. The summed E-state index contributed by atoms with van der Waals surface area (Å²) in [6.45, 7) is 3.90. The van der Waals surface area contributed by atoms with Crippen LogP contribution >= 0.6 is 0 Å². The second-order valence-electron chi connectivity index (χ2n) is 10.3. The second-order valence-corrected chi connectivity index (χ2v) is 10.3. The Bertz CT molecular complexity index is 891. The topological polar surface area (TPSA) is 71.1 Å². The number of hydrogen-bond acceptors (Lipinski definition) is 5. The summed E-state index contributed by atoms with van der Waals surface area (Å²) in [7, 11) is 0. The molecule has 4 aliphatic heterocycles. The van der Waals surface area contributed by atoms with Crippen LogP contribution in [0.25, 0.3) is 0 Å². The highest BCUT2D eigenvalue weighted by Gasteiger charge is 2.51. The molecule has 0 bridgehead atoms. The smallest absolute Gasteiger partial charge is 0.410 e. The Hall–Kier alpha value is -2.12. The molecular weight excluding hydrogens is 406 g/mol. The van der Waals surface area contributed by atoms with Crippen LogP contribution in [0.5, 0.6) is 0 Å². The maximum Gasteiger partial charge on any atom is 0.410 e. The van der Waals surface area contributed by atoms with E-state index in [2.05, 4.69) is 16.3 Å². The van der Waals surface area contributed by atoms with Crippen molar-refractivity contribution < 1.29 is 19.1 Å². The van der Waals surface area contributed by atoms with E-state index >= 15 is 0 Å². The summed E-state index contributed by atoms with van der Waals surface area (Å²) in [5, 5.41) is 3.11. The number of amides is 2. The average molecular weight is 440 g/mol. The highest BCUT2D eigenvalue weighted by molar-refractivity contribution is 6.06. The number of piperidine rings is 2. The lowest BCUT2D eigenvalue weighted by molar-refractivity contribution is -0.122. The molecule has 0 aromatic heterocycles. The van der Waals surface area contributed by atoms with Crippen molar-refractivity contribution in [2.45, 2.75) is 68.5 Å². The van der Waals surface area contributed by atoms with Crippen LogP contribution < -0.4 is 5.32 Å². The van der Waals surface area contributed by atoms with Crippen LogP contribution in [-0.4, -0.2) is 72.8 Å². The fourth-order valence-electron chi connectivity index (χ4n) is 6.94. The van der Waals surface area contributed by atoms with Gasteiger partial charge >= 0.3 is 6.09 Å². The Labute approximate surface area is 189 Å². The van der Waals surface area contributed by atoms with Crippen LogP contribution in [0, 0.1) is 5.92 Å². The molecule has 4 heterocycles. The standard InChI is InChI=1S/C25H33N3O4/c29-23-25(20-5-1-2-6-21(20)26-23)8-11-27(12-9-25)18-14-17-4-3-10-28(22(17)15-18)24(30)32-19-7-13-31-16-19/h1-2,5-6,17-19,22H,3-4,7-16H2,(H,26,29)/t17?,18?,19-,22?/m0/s1. The predicted molar refractivity (Wildman–Crippen MR) is 120 cm³/mol. The number of benzene rings is 1. The second kappa shape index (κ2) is 8.03. The molecule has 5 aliphatic rings. The number of rotatable bonds is 2. The van der Waals surface area contributed by atoms with E-state index in [1.807, 2.05) is 23.1 Å². The summed E-state index contributed by atoms with van der Waals surface area (Å²) in [5.74, 6) is 0.732. The first kappa shape index (κ1) is 20.5. The molecule has 3 saturated heterocycles. The third-order valence-corrected chi connectivity index (χ3v) is 8.69. The Balaban J connectivity index is 1.11. The molecule has 1 aromatic rings. The van der Waals surface area contributed by atoms with Crippen LogP contribution in [0.4, 0.5) is 10.5 Å². The van der Waals surface area contributed by atoms with Crippen molar-refractivity contribution in [3.05, 3.63) is 29.8 Å². The number of likely N-dealkylation sites (tertiary alicyclic amines) is 2. The SMILES string of the molecule is O=C(O[C@H]1CCOC1)N1CCCC2CC(N3CCC4(CC3)C(=O)Nc3ccccc34)CC21. The van der Waals surface area contributed by atoms with E-state index in [0.29, 0.717) is 25.2 Å². The molecule has 1 saturated carbocycles. The van der Waals surface area contributed by atoms with Crippen molar-refractivity contribution in [1.29, 1.82) is 0 Å². The third-order valence-electron chi connectivity index (χ3n) is 8.69. The van der Waals surface area contributed by atoms with E-state index < -0.39 is 0 Å². The molecule has 2 amide bonds. The molecule has 4 atom stereocenters. The number of anilines is 1. The normalized spacial score (nSPS) is 33.8. The van der Waals surface area contributed by atoms with Gasteiger partial charge in [0, 0.05) is 30.7 Å². The Morgan fingerprint density at radius 2 is 1.97 bits per heavy atom. The molecule has 1 aromatic carbocycles. The van der Waals surface area contributed by atoms with Gasteiger partial charge in [-0.05, 0) is 69.2 Å². The van der Waals surface area contributed by atoms with Crippen LogP contribution in [-0.2, 0) is 19.7 Å². The van der Waals surface area contributed by atoms with Gasteiger partial charge in [0.2, 0.25) is 5.91 Å². The maximum atomic E-state index is 12.9. The third kappa shape index (κ3) is 3.32. The summed E-state index contributed by atoms with van der Waals surface area (Å²) < 4.78 is 11.1. The summed E-state index contributed by atoms with van der Waals surface area (Å²) in [4.78, 5) is 30.4. The van der Waals surface area contributed by atoms with Gasteiger partial charge in [0.1, 0.15) is 6.10 Å². The first-order chi connectivity index (χ1) is 15.6. The van der Waals surface area contributed by atoms with Crippen molar-refractivity contribution in [2.24, 2.45) is 5.92 Å². The predicted octanol–water partition coefficient (Wildman–Crippen LogP) is 3.14. The molecular formula is C25H33N3O4. The fourth-order valence-corrected chi connectivity index (χ4v) is 6.94. The molecule has 0 radical (unpaired) electrons. The van der Waals surface area contributed by atoms with Gasteiger partial charge in [-0.1, -0.05) is 18.2 Å². The van der Waals surface area contributed by atoms with Gasteiger partial charge in [0.05, 0.1) is 18.6 Å². The largest absolute Gasteiger partial charge is 0.444 e. The Morgan fingerprint density at radius 1 is 1.12 bits per heavy atom. The minimum absolute atomic E-state index is 0.0844. The van der Waals surface area contributed by atoms with Gasteiger partial charge in [0.15, 0.2) is 0 Å². The van der Waals surface area contributed by atoms with Gasteiger partial charge in [-0.15, -0.1) is 0 Å². The summed E-state index contributed by atoms with van der Waals surface area (Å²) >= 11 is 0. The van der Waals surface area contributed by atoms with E-state index in [4.69, 9.17) is 9.47 Å². The van der Waals surface area contributed by atoms with Gasteiger partial charge in [-0.3, -0.25) is 4.79 Å². The number of para-hydroxylation sites is 1. The molecule has 3 unspecified atom stereocenters. The molecule has 1 spiro atoms. The molecule has 7 heteroatoms. The molecule has 32 heavy (non-hydrogen) atoms. The minimum Gasteiger partial charge on any atom is -0.444 e. The van der Waals surface area contributed by atoms with Crippen LogP contribution in [0.1, 0.15) is 50.5 Å². The number of fused-ring (bicyclic) bond motifs is 3. The van der Waals surface area contributed by atoms with Crippen molar-refractivity contribution in [3.8, 4) is 0 Å². The highest BCUT2D eigenvalue weighted by Crippen LogP contribution is 2.47. The van der Waals surface area contributed by atoms with Gasteiger partial charge < -0.3 is 24.6 Å². The fraction of sp³-hybridized carbons (Fsp3) is 0.680. The van der Waals surface area contributed by atoms with Crippen molar-refractivity contribution in [3.63, 3.8) is 0 Å². The molecule has 1 aliphatic carbocycles. The lowest BCUT2D eigenvalue weighted by Crippen LogP contribution is -2.50. The first-order valence-corrected chi connectivity index (χ1v) is 12.3. The van der Waals surface area contributed by atoms with E-state index in [1.54, 1.807) is 0 Å². The van der Waals surface area contributed by atoms with Crippen molar-refractivity contribution in [2.75, 3.05) is 38.2 Å². The van der Waals surface area contributed by atoms with E-state index in [-0.39, 0.29) is 29.6 Å². The first-order valence-electron chi connectivity index (χ1n) is 12.3. The Kier molecular flexibility index (Phi) is 5.14. The van der Waals surface area contributed by atoms with Gasteiger partial charge in [0.25, 0.3) is 0 Å². The lowest BCUT2D eigenvalue weighted by atomic mass is 9.73. The van der Waals surface area contributed by atoms with Crippen LogP contribution in [0.3, 0.4) is 0 Å². The average Bonchev–Trinajstić information content (AvgIpc) is 3.53. The van der Waals surface area contributed by atoms with E-state index in [0.717, 1.165) is 63.8 Å². The number of hydrogen-bond donors (Lipinski definition) is 1. The van der Waals surface area contributed by atoms with Gasteiger partial charge in [-0.25, -0.2) is 4.79 Å². The van der Waals surface area contributed by atoms with Crippen LogP contribution in [0.15, 0.2) is 24.3 Å². The number of ether oxygens (including phenoxy) is 2.